The number of carbonyl (C=O) groups is 1. The van der Waals surface area contributed by atoms with Gasteiger partial charge in [-0.25, -0.2) is 0 Å². The van der Waals surface area contributed by atoms with Crippen molar-refractivity contribution in [3.05, 3.63) is 34.3 Å². The molecule has 110 valence electrons. The molecule has 3 nitrogen and oxygen atoms in total. The van der Waals surface area contributed by atoms with Gasteiger partial charge in [-0.05, 0) is 37.5 Å². The summed E-state index contributed by atoms with van der Waals surface area (Å²) in [5.74, 6) is 0.402. The lowest BCUT2D eigenvalue weighted by molar-refractivity contribution is -0.137. The van der Waals surface area contributed by atoms with Gasteiger partial charge in [-0.15, -0.1) is 0 Å². The Morgan fingerprint density at radius 2 is 2.00 bits per heavy atom. The first-order valence-corrected chi connectivity index (χ1v) is 7.84. The van der Waals surface area contributed by atoms with Crippen LogP contribution in [0.3, 0.4) is 0 Å². The largest absolute Gasteiger partial charge is 0.374 e. The maximum atomic E-state index is 12.6. The highest BCUT2D eigenvalue weighted by Gasteiger charge is 2.42. The van der Waals surface area contributed by atoms with Gasteiger partial charge in [0, 0.05) is 18.1 Å². The van der Waals surface area contributed by atoms with Crippen molar-refractivity contribution in [3.63, 3.8) is 0 Å². The summed E-state index contributed by atoms with van der Waals surface area (Å²) in [7, 11) is 1.87. The van der Waals surface area contributed by atoms with E-state index in [1.807, 2.05) is 45.2 Å². The molecule has 0 aliphatic carbocycles. The number of halogens is 1. The number of hydrogen-bond acceptors (Lipinski definition) is 2. The minimum absolute atomic E-state index is 0.00235. The van der Waals surface area contributed by atoms with Crippen molar-refractivity contribution < 1.29 is 9.53 Å². The lowest BCUT2D eigenvalue weighted by Gasteiger charge is -2.25. The van der Waals surface area contributed by atoms with Crippen molar-refractivity contribution >= 4 is 21.8 Å². The number of ether oxygens (including phenoxy) is 1. The molecule has 1 heterocycles. The molecule has 1 aromatic rings. The molecule has 1 aliphatic heterocycles. The van der Waals surface area contributed by atoms with Crippen molar-refractivity contribution in [2.24, 2.45) is 11.8 Å². The van der Waals surface area contributed by atoms with E-state index in [-0.39, 0.29) is 30.0 Å². The molecule has 4 unspecified atom stereocenters. The van der Waals surface area contributed by atoms with Crippen LogP contribution in [0.2, 0.25) is 0 Å². The van der Waals surface area contributed by atoms with Crippen LogP contribution < -0.4 is 0 Å². The van der Waals surface area contributed by atoms with Gasteiger partial charge in [0.05, 0.1) is 18.1 Å². The normalized spacial score (nSPS) is 29.4. The molecule has 4 heteroatoms. The van der Waals surface area contributed by atoms with Crippen molar-refractivity contribution in [1.29, 1.82) is 0 Å². The average molecular weight is 340 g/mol. The van der Waals surface area contributed by atoms with Gasteiger partial charge >= 0.3 is 0 Å². The third-order valence-corrected chi connectivity index (χ3v) is 4.71. The molecule has 1 amide bonds. The summed E-state index contributed by atoms with van der Waals surface area (Å²) < 4.78 is 6.81. The van der Waals surface area contributed by atoms with Crippen molar-refractivity contribution in [1.82, 2.24) is 4.90 Å². The summed E-state index contributed by atoms with van der Waals surface area (Å²) in [6.07, 6.45) is 0.149. The van der Waals surface area contributed by atoms with Crippen LogP contribution in [0.25, 0.3) is 0 Å². The number of carbonyl (C=O) groups excluding carboxylic acids is 1. The molecule has 4 atom stereocenters. The zero-order valence-corrected chi connectivity index (χ0v) is 14.1. The van der Waals surface area contributed by atoms with Gasteiger partial charge < -0.3 is 9.64 Å². The van der Waals surface area contributed by atoms with Crippen LogP contribution in [0.4, 0.5) is 0 Å². The van der Waals surface area contributed by atoms with Gasteiger partial charge in [0.15, 0.2) is 0 Å². The summed E-state index contributed by atoms with van der Waals surface area (Å²) >= 11 is 3.46. The van der Waals surface area contributed by atoms with Gasteiger partial charge in [-0.2, -0.15) is 0 Å². The van der Waals surface area contributed by atoms with E-state index < -0.39 is 0 Å². The molecule has 0 bridgehead atoms. The Kier molecular flexibility index (Phi) is 4.86. The maximum Gasteiger partial charge on any atom is 0.228 e. The zero-order valence-electron chi connectivity index (χ0n) is 12.5. The van der Waals surface area contributed by atoms with E-state index >= 15 is 0 Å². The lowest BCUT2D eigenvalue weighted by atomic mass is 9.88. The molecule has 1 saturated heterocycles. The number of nitrogens with zero attached hydrogens (tertiary/aromatic N) is 1. The predicted octanol–water partition coefficient (Wildman–Crippen LogP) is 3.47. The molecule has 0 radical (unpaired) electrons. The Bertz CT molecular complexity index is 491. The van der Waals surface area contributed by atoms with E-state index in [9.17, 15) is 4.79 Å². The van der Waals surface area contributed by atoms with E-state index in [2.05, 4.69) is 22.9 Å². The Morgan fingerprint density at radius 1 is 1.30 bits per heavy atom. The summed E-state index contributed by atoms with van der Waals surface area (Å²) in [4.78, 5) is 14.4. The molecule has 0 N–H and O–H groups in total. The van der Waals surface area contributed by atoms with Crippen molar-refractivity contribution in [2.75, 3.05) is 7.05 Å². The summed E-state index contributed by atoms with van der Waals surface area (Å²) in [5.41, 5.74) is 1.13. The maximum absolute atomic E-state index is 12.6. The van der Waals surface area contributed by atoms with Crippen molar-refractivity contribution in [2.45, 2.75) is 39.5 Å². The molecule has 2 rings (SSSR count). The van der Waals surface area contributed by atoms with Crippen LogP contribution in [0.15, 0.2) is 28.7 Å². The Hall–Kier alpha value is -0.870. The first-order valence-electron chi connectivity index (χ1n) is 7.05. The van der Waals surface area contributed by atoms with E-state index in [1.54, 1.807) is 4.90 Å². The topological polar surface area (TPSA) is 29.5 Å². The molecule has 1 aliphatic rings. The first-order chi connectivity index (χ1) is 9.40. The third kappa shape index (κ3) is 3.23. The van der Waals surface area contributed by atoms with Crippen LogP contribution in [-0.2, 0) is 16.1 Å². The number of benzene rings is 1. The number of amides is 1. The fourth-order valence-electron chi connectivity index (χ4n) is 2.93. The summed E-state index contributed by atoms with van der Waals surface area (Å²) in [6.45, 7) is 6.77. The van der Waals surface area contributed by atoms with Crippen LogP contribution in [0.1, 0.15) is 26.3 Å². The monoisotopic (exact) mass is 339 g/mol. The first kappa shape index (κ1) is 15.5. The third-order valence-electron chi connectivity index (χ3n) is 4.21. The highest BCUT2D eigenvalue weighted by molar-refractivity contribution is 9.10. The number of hydrogen-bond donors (Lipinski definition) is 0. The minimum Gasteiger partial charge on any atom is -0.374 e. The highest BCUT2D eigenvalue weighted by Crippen LogP contribution is 2.33. The van der Waals surface area contributed by atoms with E-state index in [0.717, 1.165) is 10.0 Å². The second-order valence-corrected chi connectivity index (χ2v) is 6.67. The van der Waals surface area contributed by atoms with Gasteiger partial charge in [-0.1, -0.05) is 35.0 Å². The lowest BCUT2D eigenvalue weighted by Crippen LogP contribution is -2.38. The quantitative estimate of drug-likeness (QED) is 0.843. The predicted molar refractivity (Wildman–Crippen MR) is 83.3 cm³/mol. The van der Waals surface area contributed by atoms with Gasteiger partial charge in [0.25, 0.3) is 0 Å². The summed E-state index contributed by atoms with van der Waals surface area (Å²) in [5, 5.41) is 0. The fourth-order valence-corrected chi connectivity index (χ4v) is 3.38. The van der Waals surface area contributed by atoms with Crippen LogP contribution >= 0.6 is 15.9 Å². The second kappa shape index (κ2) is 6.27. The van der Waals surface area contributed by atoms with Gasteiger partial charge in [0.2, 0.25) is 5.91 Å². The van der Waals surface area contributed by atoms with Crippen molar-refractivity contribution in [3.8, 4) is 0 Å². The molecule has 0 spiro atoms. The molecule has 0 aromatic heterocycles. The Balaban J connectivity index is 2.05. The zero-order chi connectivity index (χ0) is 14.9. The number of rotatable bonds is 3. The molecule has 0 saturated carbocycles. The van der Waals surface area contributed by atoms with Crippen LogP contribution in [-0.4, -0.2) is 30.1 Å². The van der Waals surface area contributed by atoms with E-state index in [1.165, 1.54) is 0 Å². The van der Waals surface area contributed by atoms with E-state index in [0.29, 0.717) is 6.54 Å². The fraction of sp³-hybridized carbons (Fsp3) is 0.562. The van der Waals surface area contributed by atoms with Gasteiger partial charge in [-0.3, -0.25) is 4.79 Å². The van der Waals surface area contributed by atoms with Crippen LogP contribution in [0, 0.1) is 11.8 Å². The molecular weight excluding hydrogens is 318 g/mol. The Labute approximate surface area is 129 Å². The molecule has 1 aromatic carbocycles. The van der Waals surface area contributed by atoms with Gasteiger partial charge in [0.1, 0.15) is 0 Å². The Morgan fingerprint density at radius 3 is 2.55 bits per heavy atom. The van der Waals surface area contributed by atoms with E-state index in [4.69, 9.17) is 4.74 Å². The van der Waals surface area contributed by atoms with Crippen LogP contribution in [0.5, 0.6) is 0 Å². The average Bonchev–Trinajstić information content (AvgIpc) is 2.62. The highest BCUT2D eigenvalue weighted by atomic mass is 79.9. The SMILES string of the molecule is CC1OC(C)C(C(=O)N(C)Cc2cccc(Br)c2)C1C. The second-order valence-electron chi connectivity index (χ2n) is 5.76. The molecular formula is C16H22BrNO2. The smallest absolute Gasteiger partial charge is 0.228 e. The molecule has 1 fully saturated rings. The minimum atomic E-state index is -0.0397. The molecule has 20 heavy (non-hydrogen) atoms. The summed E-state index contributed by atoms with van der Waals surface area (Å²) in [6, 6.07) is 8.06. The standard InChI is InChI=1S/C16H22BrNO2/c1-10-11(2)20-12(3)15(10)16(19)18(4)9-13-6-5-7-14(17)8-13/h5-8,10-12,15H,9H2,1-4H3.